The molecule has 4 rings (SSSR count). The summed E-state index contributed by atoms with van der Waals surface area (Å²) < 4.78 is 1.60. The van der Waals surface area contributed by atoms with Crippen LogP contribution in [0.25, 0.3) is 6.08 Å². The highest BCUT2D eigenvalue weighted by Gasteiger charge is 2.16. The summed E-state index contributed by atoms with van der Waals surface area (Å²) in [7, 11) is 0. The second-order valence-corrected chi connectivity index (χ2v) is 8.39. The van der Waals surface area contributed by atoms with E-state index >= 15 is 0 Å². The van der Waals surface area contributed by atoms with Gasteiger partial charge in [-0.25, -0.2) is 9.79 Å². The fraction of sp³-hybridized carbons (Fsp3) is 0.154. The third-order valence-corrected chi connectivity index (χ3v) is 6.06. The Kier molecular flexibility index (Phi) is 6.79. The second kappa shape index (κ2) is 9.94. The molecule has 3 aromatic rings. The van der Waals surface area contributed by atoms with Crippen molar-refractivity contribution in [1.29, 1.82) is 0 Å². The Bertz CT molecular complexity index is 1510. The van der Waals surface area contributed by atoms with E-state index < -0.39 is 11.5 Å². The molecule has 1 aliphatic rings. The molecular formula is C26H23N3O5S. The molecule has 8 nitrogen and oxygen atoms in total. The van der Waals surface area contributed by atoms with Crippen molar-refractivity contribution in [2.24, 2.45) is 4.99 Å². The highest BCUT2D eigenvalue weighted by atomic mass is 32.1. The Hall–Kier alpha value is -4.24. The fourth-order valence-electron chi connectivity index (χ4n) is 3.73. The van der Waals surface area contributed by atoms with Crippen LogP contribution in [0.4, 0.5) is 0 Å². The number of carboxylic acid groups (broad SMARTS) is 1. The second-order valence-electron chi connectivity index (χ2n) is 8.00. The molecule has 1 aromatic heterocycles. The molecule has 0 radical (unpaired) electrons. The quantitative estimate of drug-likeness (QED) is 0.368. The van der Waals surface area contributed by atoms with Gasteiger partial charge in [0.1, 0.15) is 16.9 Å². The van der Waals surface area contributed by atoms with Crippen LogP contribution in [0.3, 0.4) is 0 Å². The lowest BCUT2D eigenvalue weighted by Gasteiger charge is -2.12. The summed E-state index contributed by atoms with van der Waals surface area (Å²) in [6, 6.07) is 12.3. The summed E-state index contributed by atoms with van der Waals surface area (Å²) in [5, 5.41) is 29.9. The van der Waals surface area contributed by atoms with Gasteiger partial charge in [-0.3, -0.25) is 14.3 Å². The predicted molar refractivity (Wildman–Crippen MR) is 136 cm³/mol. The van der Waals surface area contributed by atoms with Gasteiger partial charge in [-0.05, 0) is 66.5 Å². The van der Waals surface area contributed by atoms with Gasteiger partial charge in [-0.2, -0.15) is 0 Å². The van der Waals surface area contributed by atoms with E-state index in [-0.39, 0.29) is 27.5 Å². The molecule has 2 aromatic carbocycles. The van der Waals surface area contributed by atoms with E-state index in [4.69, 9.17) is 17.3 Å². The summed E-state index contributed by atoms with van der Waals surface area (Å²) in [4.78, 5) is 30.7. The fourth-order valence-corrected chi connectivity index (χ4v) is 4.00. The molecule has 4 N–H and O–H groups in total. The topological polar surface area (TPSA) is 128 Å². The summed E-state index contributed by atoms with van der Waals surface area (Å²) >= 11 is 5.27. The normalized spacial score (nSPS) is 13.9. The van der Waals surface area contributed by atoms with Crippen molar-refractivity contribution in [2.45, 2.75) is 26.3 Å². The van der Waals surface area contributed by atoms with Crippen LogP contribution in [0, 0.1) is 4.77 Å². The zero-order valence-corrected chi connectivity index (χ0v) is 19.7. The lowest BCUT2D eigenvalue weighted by molar-refractivity contribution is 0.0693. The lowest BCUT2D eigenvalue weighted by atomic mass is 10.1. The summed E-state index contributed by atoms with van der Waals surface area (Å²) in [6.07, 6.45) is 6.34. The van der Waals surface area contributed by atoms with Crippen LogP contribution in [0.1, 0.15) is 39.5 Å². The van der Waals surface area contributed by atoms with Gasteiger partial charge in [0.25, 0.3) is 5.56 Å². The van der Waals surface area contributed by atoms with Gasteiger partial charge in [-0.1, -0.05) is 37.3 Å². The summed E-state index contributed by atoms with van der Waals surface area (Å²) in [6.45, 7) is 2.47. The zero-order valence-electron chi connectivity index (χ0n) is 18.9. The number of nitrogens with zero attached hydrogens (tertiary/aromatic N) is 2. The van der Waals surface area contributed by atoms with Crippen LogP contribution >= 0.6 is 12.2 Å². The van der Waals surface area contributed by atoms with E-state index in [1.165, 1.54) is 34.4 Å². The van der Waals surface area contributed by atoms with Crippen molar-refractivity contribution in [3.63, 3.8) is 0 Å². The number of aromatic amines is 1. The Morgan fingerprint density at radius 2 is 1.83 bits per heavy atom. The largest absolute Gasteiger partial charge is 0.507 e. The third kappa shape index (κ3) is 5.15. The lowest BCUT2D eigenvalue weighted by Crippen LogP contribution is -2.17. The number of H-pyrrole nitrogens is 1. The molecule has 0 unspecified atom stereocenters. The predicted octanol–water partition coefficient (Wildman–Crippen LogP) is 4.22. The maximum absolute atomic E-state index is 12.5. The number of carbonyl (C=O) groups is 1. The maximum Gasteiger partial charge on any atom is 0.339 e. The molecule has 0 amide bonds. The molecule has 2 heterocycles. The van der Waals surface area contributed by atoms with Gasteiger partial charge >= 0.3 is 5.97 Å². The van der Waals surface area contributed by atoms with Crippen molar-refractivity contribution >= 4 is 30.0 Å². The molecule has 0 fully saturated rings. The minimum absolute atomic E-state index is 0.0219. The molecule has 0 atom stereocenters. The van der Waals surface area contributed by atoms with Gasteiger partial charge < -0.3 is 15.3 Å². The number of hydrogen-bond donors (Lipinski definition) is 4. The number of carboxylic acids is 1. The van der Waals surface area contributed by atoms with Crippen molar-refractivity contribution in [2.75, 3.05) is 0 Å². The number of aromatic carboxylic acids is 1. The number of hydrogen-bond acceptors (Lipinski definition) is 6. The number of aryl methyl sites for hydroxylation is 2. The first-order valence-electron chi connectivity index (χ1n) is 11.0. The number of aromatic hydroxyl groups is 2. The number of aromatic nitrogens is 2. The van der Waals surface area contributed by atoms with E-state index in [0.29, 0.717) is 29.9 Å². The SMILES string of the molecule is CCc1ccc(CCn2c(O)c(C=C3C=CC(c4ccc(C(=O)O)c(O)c4)=N3)c(=O)[nH]c2=S)cc1. The van der Waals surface area contributed by atoms with Crippen LogP contribution in [-0.4, -0.2) is 36.6 Å². The number of rotatable bonds is 7. The molecule has 35 heavy (non-hydrogen) atoms. The Morgan fingerprint density at radius 3 is 2.49 bits per heavy atom. The van der Waals surface area contributed by atoms with Gasteiger partial charge in [-0.15, -0.1) is 0 Å². The minimum atomic E-state index is -1.23. The zero-order chi connectivity index (χ0) is 25.1. The highest BCUT2D eigenvalue weighted by molar-refractivity contribution is 7.71. The van der Waals surface area contributed by atoms with E-state index in [1.54, 1.807) is 12.2 Å². The molecule has 0 spiro atoms. The van der Waals surface area contributed by atoms with Crippen LogP contribution in [-0.2, 0) is 19.4 Å². The number of allylic oxidation sites excluding steroid dienone is 2. The van der Waals surface area contributed by atoms with Crippen LogP contribution in [0.15, 0.2) is 70.1 Å². The summed E-state index contributed by atoms with van der Waals surface area (Å²) in [5.74, 6) is -1.86. The standard InChI is InChI=1S/C26H23N3O5S/c1-2-15-3-5-16(6-4-15)11-12-29-24(32)20(23(31)28-26(29)35)14-18-8-10-21(27-18)17-7-9-19(25(33)34)22(30)13-17/h3-10,13-14,30,32H,2,11-12H2,1H3,(H,33,34)(H,28,31,35). The van der Waals surface area contributed by atoms with Crippen molar-refractivity contribution < 1.29 is 20.1 Å². The van der Waals surface area contributed by atoms with E-state index in [0.717, 1.165) is 12.0 Å². The Labute approximate surface area is 205 Å². The highest BCUT2D eigenvalue weighted by Crippen LogP contribution is 2.24. The van der Waals surface area contributed by atoms with Crippen molar-refractivity contribution in [1.82, 2.24) is 9.55 Å². The van der Waals surface area contributed by atoms with Gasteiger partial charge in [0.2, 0.25) is 5.88 Å². The Morgan fingerprint density at radius 1 is 1.11 bits per heavy atom. The Balaban J connectivity index is 1.61. The molecule has 0 saturated carbocycles. The number of phenols is 1. The number of aliphatic imine (C=N–C) groups is 1. The van der Waals surface area contributed by atoms with Gasteiger partial charge in [0.05, 0.1) is 11.4 Å². The molecule has 0 bridgehead atoms. The van der Waals surface area contributed by atoms with Crippen LogP contribution in [0.5, 0.6) is 11.6 Å². The van der Waals surface area contributed by atoms with Gasteiger partial charge in [0.15, 0.2) is 4.77 Å². The molecule has 9 heteroatoms. The molecule has 0 saturated heterocycles. The molecule has 1 aliphatic heterocycles. The van der Waals surface area contributed by atoms with E-state index in [9.17, 15) is 19.8 Å². The minimum Gasteiger partial charge on any atom is -0.507 e. The maximum atomic E-state index is 12.5. The molecule has 0 aliphatic carbocycles. The monoisotopic (exact) mass is 489 g/mol. The van der Waals surface area contributed by atoms with Crippen LogP contribution in [0.2, 0.25) is 0 Å². The van der Waals surface area contributed by atoms with Crippen LogP contribution < -0.4 is 5.56 Å². The first kappa shape index (κ1) is 23.9. The van der Waals surface area contributed by atoms with Crippen molar-refractivity contribution in [3.05, 3.63) is 103 Å². The molecular weight excluding hydrogens is 466 g/mol. The first-order valence-corrected chi connectivity index (χ1v) is 11.4. The average Bonchev–Trinajstić information content (AvgIpc) is 3.30. The van der Waals surface area contributed by atoms with E-state index in [2.05, 4.69) is 29.0 Å². The van der Waals surface area contributed by atoms with Gasteiger partial charge in [0, 0.05) is 12.1 Å². The number of nitrogens with one attached hydrogen (secondary N) is 1. The van der Waals surface area contributed by atoms with Crippen molar-refractivity contribution in [3.8, 4) is 11.6 Å². The van der Waals surface area contributed by atoms with E-state index in [1.807, 2.05) is 12.1 Å². The first-order chi connectivity index (χ1) is 16.8. The molecule has 178 valence electrons. The average molecular weight is 490 g/mol. The summed E-state index contributed by atoms with van der Waals surface area (Å²) in [5.41, 5.74) is 2.99. The smallest absolute Gasteiger partial charge is 0.339 e. The number of benzene rings is 2. The third-order valence-electron chi connectivity index (χ3n) is 5.74.